The van der Waals surface area contributed by atoms with Crippen molar-refractivity contribution in [2.24, 2.45) is 5.92 Å². The highest BCUT2D eigenvalue weighted by atomic mass is 19.1. The molecule has 2 rings (SSSR count). The van der Waals surface area contributed by atoms with Gasteiger partial charge in [-0.2, -0.15) is 5.26 Å². The zero-order valence-electron chi connectivity index (χ0n) is 9.56. The van der Waals surface area contributed by atoms with E-state index >= 15 is 0 Å². The van der Waals surface area contributed by atoms with Crippen LogP contribution in [0.3, 0.4) is 0 Å². The van der Waals surface area contributed by atoms with Crippen LogP contribution in [0, 0.1) is 23.1 Å². The summed E-state index contributed by atoms with van der Waals surface area (Å²) in [7, 11) is 0. The highest BCUT2D eigenvalue weighted by molar-refractivity contribution is 5.32. The molecular weight excluding hydrogens is 219 g/mol. The minimum absolute atomic E-state index is 0.201. The van der Waals surface area contributed by atoms with Gasteiger partial charge in [0.15, 0.2) is 0 Å². The number of aliphatic hydroxyl groups excluding tert-OH is 1. The van der Waals surface area contributed by atoms with Gasteiger partial charge in [-0.25, -0.2) is 4.39 Å². The molecule has 1 aliphatic rings. The van der Waals surface area contributed by atoms with E-state index in [-0.39, 0.29) is 12.4 Å². The number of hydrogen-bond acceptors (Lipinski definition) is 3. The van der Waals surface area contributed by atoms with Crippen molar-refractivity contribution < 1.29 is 9.50 Å². The molecule has 1 unspecified atom stereocenters. The number of nitriles is 1. The van der Waals surface area contributed by atoms with Crippen LogP contribution in [0.4, 0.5) is 4.39 Å². The van der Waals surface area contributed by atoms with Gasteiger partial charge in [0, 0.05) is 25.3 Å². The number of halogens is 1. The van der Waals surface area contributed by atoms with E-state index < -0.39 is 0 Å². The average molecular weight is 234 g/mol. The van der Waals surface area contributed by atoms with E-state index in [9.17, 15) is 4.39 Å². The quantitative estimate of drug-likeness (QED) is 0.862. The largest absolute Gasteiger partial charge is 0.396 e. The van der Waals surface area contributed by atoms with E-state index in [0.717, 1.165) is 19.5 Å². The number of aliphatic hydroxyl groups is 1. The lowest BCUT2D eigenvalue weighted by atomic mass is 10.1. The molecule has 0 aliphatic carbocycles. The summed E-state index contributed by atoms with van der Waals surface area (Å²) in [4.78, 5) is 2.13. The molecule has 0 saturated carbocycles. The molecule has 4 heteroatoms. The van der Waals surface area contributed by atoms with E-state index in [2.05, 4.69) is 4.90 Å². The molecule has 1 atom stereocenters. The highest BCUT2D eigenvalue weighted by Crippen LogP contribution is 2.19. The predicted molar refractivity (Wildman–Crippen MR) is 61.6 cm³/mol. The van der Waals surface area contributed by atoms with Crippen molar-refractivity contribution in [3.8, 4) is 6.07 Å². The van der Waals surface area contributed by atoms with Crippen LogP contribution in [-0.2, 0) is 6.54 Å². The molecule has 0 amide bonds. The van der Waals surface area contributed by atoms with Crippen molar-refractivity contribution in [2.45, 2.75) is 13.0 Å². The number of hydrogen-bond donors (Lipinski definition) is 1. The fourth-order valence-corrected chi connectivity index (χ4v) is 2.19. The van der Waals surface area contributed by atoms with Crippen LogP contribution < -0.4 is 0 Å². The Kier molecular flexibility index (Phi) is 3.72. The lowest BCUT2D eigenvalue weighted by molar-refractivity contribution is 0.219. The second-order valence-corrected chi connectivity index (χ2v) is 4.49. The first-order valence-electron chi connectivity index (χ1n) is 5.74. The van der Waals surface area contributed by atoms with Crippen LogP contribution in [0.25, 0.3) is 0 Å². The fraction of sp³-hybridized carbons (Fsp3) is 0.462. The second kappa shape index (κ2) is 5.26. The van der Waals surface area contributed by atoms with Crippen LogP contribution in [0.2, 0.25) is 0 Å². The SMILES string of the molecule is N#Cc1ccc(CN2CCC(CO)C2)c(F)c1. The van der Waals surface area contributed by atoms with Gasteiger partial charge in [-0.05, 0) is 31.0 Å². The minimum Gasteiger partial charge on any atom is -0.396 e. The first kappa shape index (κ1) is 12.0. The average Bonchev–Trinajstić information content (AvgIpc) is 2.79. The van der Waals surface area contributed by atoms with E-state index in [4.69, 9.17) is 10.4 Å². The van der Waals surface area contributed by atoms with Crippen LogP contribution in [0.15, 0.2) is 18.2 Å². The van der Waals surface area contributed by atoms with E-state index in [1.165, 1.54) is 6.07 Å². The van der Waals surface area contributed by atoms with E-state index in [1.54, 1.807) is 12.1 Å². The maximum absolute atomic E-state index is 13.6. The third kappa shape index (κ3) is 2.82. The number of nitrogens with zero attached hydrogens (tertiary/aromatic N) is 2. The van der Waals surface area contributed by atoms with Gasteiger partial charge in [-0.1, -0.05) is 6.07 Å². The van der Waals surface area contributed by atoms with Crippen molar-refractivity contribution >= 4 is 0 Å². The monoisotopic (exact) mass is 234 g/mol. The van der Waals surface area contributed by atoms with Gasteiger partial charge >= 0.3 is 0 Å². The Morgan fingerprint density at radius 2 is 2.35 bits per heavy atom. The topological polar surface area (TPSA) is 47.3 Å². The number of rotatable bonds is 3. The fourth-order valence-electron chi connectivity index (χ4n) is 2.19. The zero-order chi connectivity index (χ0) is 12.3. The van der Waals surface area contributed by atoms with Crippen LogP contribution in [0.5, 0.6) is 0 Å². The van der Waals surface area contributed by atoms with Gasteiger partial charge < -0.3 is 5.11 Å². The number of benzene rings is 1. The molecule has 90 valence electrons. The maximum Gasteiger partial charge on any atom is 0.129 e. The first-order valence-corrected chi connectivity index (χ1v) is 5.74. The molecule has 1 N–H and O–H groups in total. The Labute approximate surface area is 100 Å². The third-order valence-electron chi connectivity index (χ3n) is 3.20. The summed E-state index contributed by atoms with van der Waals surface area (Å²) >= 11 is 0. The van der Waals surface area contributed by atoms with Crippen LogP contribution >= 0.6 is 0 Å². The molecule has 0 aromatic heterocycles. The lowest BCUT2D eigenvalue weighted by Crippen LogP contribution is -2.21. The summed E-state index contributed by atoms with van der Waals surface area (Å²) in [6.45, 7) is 2.46. The molecule has 3 nitrogen and oxygen atoms in total. The van der Waals surface area contributed by atoms with Gasteiger partial charge in [0.2, 0.25) is 0 Å². The van der Waals surface area contributed by atoms with Crippen molar-refractivity contribution in [3.63, 3.8) is 0 Å². The Morgan fingerprint density at radius 1 is 1.53 bits per heavy atom. The van der Waals surface area contributed by atoms with Gasteiger partial charge in [-0.3, -0.25) is 4.90 Å². The maximum atomic E-state index is 13.6. The zero-order valence-corrected chi connectivity index (χ0v) is 9.56. The summed E-state index contributed by atoms with van der Waals surface area (Å²) in [6, 6.07) is 6.49. The van der Waals surface area contributed by atoms with Gasteiger partial charge in [0.25, 0.3) is 0 Å². The van der Waals surface area contributed by atoms with E-state index in [1.807, 2.05) is 6.07 Å². The summed E-state index contributed by atoms with van der Waals surface area (Å²) in [5.41, 5.74) is 0.962. The molecule has 1 aromatic carbocycles. The Morgan fingerprint density at radius 3 is 2.94 bits per heavy atom. The second-order valence-electron chi connectivity index (χ2n) is 4.49. The molecule has 0 spiro atoms. The third-order valence-corrected chi connectivity index (χ3v) is 3.20. The van der Waals surface area contributed by atoms with E-state index in [0.29, 0.717) is 23.6 Å². The smallest absolute Gasteiger partial charge is 0.129 e. The van der Waals surface area contributed by atoms with Crippen LogP contribution in [0.1, 0.15) is 17.5 Å². The number of likely N-dealkylation sites (tertiary alicyclic amines) is 1. The lowest BCUT2D eigenvalue weighted by Gasteiger charge is -2.16. The van der Waals surface area contributed by atoms with Gasteiger partial charge in [-0.15, -0.1) is 0 Å². The standard InChI is InChI=1S/C13H15FN2O/c14-13-5-10(6-15)1-2-12(13)8-16-4-3-11(7-16)9-17/h1-2,5,11,17H,3-4,7-9H2. The highest BCUT2D eigenvalue weighted by Gasteiger charge is 2.22. The molecule has 1 aromatic rings. The Balaban J connectivity index is 2.02. The van der Waals surface area contributed by atoms with Crippen molar-refractivity contribution in [2.75, 3.05) is 19.7 Å². The summed E-state index contributed by atoms with van der Waals surface area (Å²) in [5.74, 6) is -0.00654. The van der Waals surface area contributed by atoms with Crippen LogP contribution in [-0.4, -0.2) is 29.7 Å². The molecule has 17 heavy (non-hydrogen) atoms. The van der Waals surface area contributed by atoms with Crippen molar-refractivity contribution in [3.05, 3.63) is 35.1 Å². The summed E-state index contributed by atoms with van der Waals surface area (Å²) in [6.07, 6.45) is 0.967. The normalized spacial score (nSPS) is 20.4. The predicted octanol–water partition coefficient (Wildman–Crippen LogP) is 1.51. The Hall–Kier alpha value is -1.44. The molecule has 1 saturated heterocycles. The molecule has 1 aliphatic heterocycles. The summed E-state index contributed by atoms with van der Waals surface area (Å²) < 4.78 is 13.6. The molecule has 1 fully saturated rings. The van der Waals surface area contributed by atoms with Gasteiger partial charge in [0.1, 0.15) is 5.82 Å². The molecule has 0 radical (unpaired) electrons. The Bertz CT molecular complexity index is 442. The molecule has 0 bridgehead atoms. The molecule has 1 heterocycles. The minimum atomic E-state index is -0.323. The first-order chi connectivity index (χ1) is 8.22. The molecular formula is C13H15FN2O. The van der Waals surface area contributed by atoms with Gasteiger partial charge in [0.05, 0.1) is 11.6 Å². The van der Waals surface area contributed by atoms with Crippen molar-refractivity contribution in [1.29, 1.82) is 5.26 Å². The summed E-state index contributed by atoms with van der Waals surface area (Å²) in [5, 5.41) is 17.7. The van der Waals surface area contributed by atoms with Crippen molar-refractivity contribution in [1.82, 2.24) is 4.90 Å².